The molecule has 0 aliphatic rings. The zero-order chi connectivity index (χ0) is 11.9. The Morgan fingerprint density at radius 3 is 2.65 bits per heavy atom. The van der Waals surface area contributed by atoms with Crippen LogP contribution in [0.15, 0.2) is 66.9 Å². The van der Waals surface area contributed by atoms with Gasteiger partial charge >= 0.3 is 0 Å². The van der Waals surface area contributed by atoms with Crippen molar-refractivity contribution >= 4 is 16.8 Å². The van der Waals surface area contributed by atoms with Crippen molar-refractivity contribution in [1.29, 1.82) is 0 Å². The Bertz CT molecular complexity index is 569. The summed E-state index contributed by atoms with van der Waals surface area (Å²) in [6, 6.07) is 14.8. The molecule has 0 radical (unpaired) electrons. The first kappa shape index (κ1) is 11.4. The van der Waals surface area contributed by atoms with E-state index in [0.29, 0.717) is 0 Å². The van der Waals surface area contributed by atoms with Gasteiger partial charge in [0.25, 0.3) is 0 Å². The highest BCUT2D eigenvalue weighted by atomic mass is 14.0. The molecule has 0 nitrogen and oxygen atoms in total. The second-order valence-electron chi connectivity index (χ2n) is 3.99. The molecule has 0 N–H and O–H groups in total. The monoisotopic (exact) mass is 220 g/mol. The maximum Gasteiger partial charge on any atom is -0.0130 e. The molecule has 2 aromatic carbocycles. The molecular weight excluding hydrogens is 204 g/mol. The standard InChI is InChI=1S/C17H16/c1-2-3-4-5-6-9-15-12-13-16-10-7-8-11-17(16)14-15/h2,5,7-14H,1,3-4H2. The second-order valence-corrected chi connectivity index (χ2v) is 3.99. The Hall–Kier alpha value is -2.04. The van der Waals surface area contributed by atoms with Crippen LogP contribution in [0.2, 0.25) is 0 Å². The van der Waals surface area contributed by atoms with Gasteiger partial charge in [-0.2, -0.15) is 0 Å². The fourth-order valence-corrected chi connectivity index (χ4v) is 1.74. The van der Waals surface area contributed by atoms with E-state index in [0.717, 1.165) is 12.8 Å². The lowest BCUT2D eigenvalue weighted by Gasteiger charge is -1.97. The van der Waals surface area contributed by atoms with E-state index in [9.17, 15) is 0 Å². The number of fused-ring (bicyclic) bond motifs is 1. The first-order valence-electron chi connectivity index (χ1n) is 5.91. The van der Waals surface area contributed by atoms with Crippen molar-refractivity contribution < 1.29 is 0 Å². The Morgan fingerprint density at radius 2 is 1.82 bits per heavy atom. The van der Waals surface area contributed by atoms with E-state index in [1.54, 1.807) is 0 Å². The van der Waals surface area contributed by atoms with Gasteiger partial charge in [-0.3, -0.25) is 0 Å². The largest absolute Gasteiger partial charge is 0.125 e. The highest BCUT2D eigenvalue weighted by Gasteiger charge is 1.91. The molecule has 0 heteroatoms. The molecule has 0 aliphatic heterocycles. The summed E-state index contributed by atoms with van der Waals surface area (Å²) < 4.78 is 0. The van der Waals surface area contributed by atoms with Crippen LogP contribution in [0.5, 0.6) is 0 Å². The minimum absolute atomic E-state index is 1.01. The van der Waals surface area contributed by atoms with E-state index in [2.05, 4.69) is 60.9 Å². The van der Waals surface area contributed by atoms with Crippen molar-refractivity contribution in [3.05, 3.63) is 72.5 Å². The Labute approximate surface area is 103 Å². The minimum atomic E-state index is 1.01. The fourth-order valence-electron chi connectivity index (χ4n) is 1.74. The molecule has 0 saturated carbocycles. The summed E-state index contributed by atoms with van der Waals surface area (Å²) in [5.74, 6) is 0. The van der Waals surface area contributed by atoms with E-state index in [4.69, 9.17) is 0 Å². The second kappa shape index (κ2) is 5.89. The summed E-state index contributed by atoms with van der Waals surface area (Å²) in [6.07, 6.45) is 8.02. The first-order chi connectivity index (χ1) is 8.40. The van der Waals surface area contributed by atoms with Gasteiger partial charge in [0.15, 0.2) is 0 Å². The molecular formula is C17H16. The zero-order valence-corrected chi connectivity index (χ0v) is 9.89. The molecule has 0 aliphatic carbocycles. The van der Waals surface area contributed by atoms with Crippen LogP contribution < -0.4 is 0 Å². The van der Waals surface area contributed by atoms with Crippen LogP contribution >= 0.6 is 0 Å². The summed E-state index contributed by atoms with van der Waals surface area (Å²) in [7, 11) is 0. The lowest BCUT2D eigenvalue weighted by atomic mass is 10.1. The Kier molecular flexibility index (Phi) is 3.96. The van der Waals surface area contributed by atoms with Crippen LogP contribution in [0.3, 0.4) is 0 Å². The van der Waals surface area contributed by atoms with Crippen molar-refractivity contribution in [1.82, 2.24) is 0 Å². The average molecular weight is 220 g/mol. The summed E-state index contributed by atoms with van der Waals surface area (Å²) in [5, 5.41) is 2.55. The third kappa shape index (κ3) is 3.21. The van der Waals surface area contributed by atoms with Gasteiger partial charge in [0, 0.05) is 0 Å². The molecule has 0 aromatic heterocycles. The lowest BCUT2D eigenvalue weighted by molar-refractivity contribution is 1.06. The summed E-state index contributed by atoms with van der Waals surface area (Å²) >= 11 is 0. The van der Waals surface area contributed by atoms with Crippen molar-refractivity contribution in [2.75, 3.05) is 0 Å². The predicted octanol–water partition coefficient (Wildman–Crippen LogP) is 4.97. The van der Waals surface area contributed by atoms with E-state index < -0.39 is 0 Å². The highest BCUT2D eigenvalue weighted by molar-refractivity contribution is 5.84. The van der Waals surface area contributed by atoms with Gasteiger partial charge in [0.1, 0.15) is 0 Å². The summed E-state index contributed by atoms with van der Waals surface area (Å²) in [6.45, 7) is 3.69. The van der Waals surface area contributed by atoms with Crippen LogP contribution in [-0.4, -0.2) is 0 Å². The highest BCUT2D eigenvalue weighted by Crippen LogP contribution is 2.16. The molecule has 0 amide bonds. The fraction of sp³-hybridized carbons (Fsp3) is 0.118. The molecule has 0 heterocycles. The molecule has 2 aromatic rings. The quantitative estimate of drug-likeness (QED) is 0.387. The normalized spacial score (nSPS) is 9.65. The molecule has 2 rings (SSSR count). The molecule has 0 spiro atoms. The van der Waals surface area contributed by atoms with E-state index in [-0.39, 0.29) is 0 Å². The van der Waals surface area contributed by atoms with Gasteiger partial charge in [0.05, 0.1) is 0 Å². The van der Waals surface area contributed by atoms with Crippen LogP contribution in [-0.2, 0) is 0 Å². The number of hydrogen-bond donors (Lipinski definition) is 0. The molecule has 84 valence electrons. The lowest BCUT2D eigenvalue weighted by Crippen LogP contribution is -1.74. The number of benzene rings is 2. The topological polar surface area (TPSA) is 0 Å². The molecule has 0 fully saturated rings. The van der Waals surface area contributed by atoms with Gasteiger partial charge in [-0.25, -0.2) is 0 Å². The molecule has 0 bridgehead atoms. The Balaban J connectivity index is 2.19. The maximum absolute atomic E-state index is 3.69. The van der Waals surface area contributed by atoms with E-state index >= 15 is 0 Å². The maximum atomic E-state index is 3.69. The van der Waals surface area contributed by atoms with Crippen molar-refractivity contribution in [3.63, 3.8) is 0 Å². The number of rotatable bonds is 4. The van der Waals surface area contributed by atoms with Gasteiger partial charge in [-0.15, -0.1) is 12.3 Å². The Morgan fingerprint density at radius 1 is 1.00 bits per heavy atom. The number of allylic oxidation sites excluding steroid dienone is 2. The van der Waals surface area contributed by atoms with Gasteiger partial charge in [-0.1, -0.05) is 42.5 Å². The predicted molar refractivity (Wildman–Crippen MR) is 75.9 cm³/mol. The third-order valence-electron chi connectivity index (χ3n) is 2.66. The molecule has 0 saturated heterocycles. The summed E-state index contributed by atoms with van der Waals surface area (Å²) in [5.41, 5.74) is 4.40. The van der Waals surface area contributed by atoms with Crippen LogP contribution in [0.4, 0.5) is 0 Å². The first-order valence-corrected chi connectivity index (χ1v) is 5.91. The van der Waals surface area contributed by atoms with Gasteiger partial charge < -0.3 is 0 Å². The van der Waals surface area contributed by atoms with Crippen LogP contribution in [0.1, 0.15) is 18.4 Å². The van der Waals surface area contributed by atoms with Crippen molar-refractivity contribution in [3.8, 4) is 0 Å². The number of hydrogen-bond acceptors (Lipinski definition) is 0. The SMILES string of the molecule is C=CCCC=C=Cc1ccc2ccccc2c1. The molecule has 0 atom stereocenters. The summed E-state index contributed by atoms with van der Waals surface area (Å²) in [4.78, 5) is 0. The molecule has 17 heavy (non-hydrogen) atoms. The van der Waals surface area contributed by atoms with Gasteiger partial charge in [-0.05, 0) is 47.4 Å². The third-order valence-corrected chi connectivity index (χ3v) is 2.66. The minimum Gasteiger partial charge on any atom is -0.125 e. The average Bonchev–Trinajstić information content (AvgIpc) is 2.38. The van der Waals surface area contributed by atoms with Crippen LogP contribution in [0, 0.1) is 0 Å². The smallest absolute Gasteiger partial charge is 0.0130 e. The van der Waals surface area contributed by atoms with E-state index in [1.807, 2.05) is 12.2 Å². The van der Waals surface area contributed by atoms with Crippen molar-refractivity contribution in [2.24, 2.45) is 0 Å². The molecule has 0 unspecified atom stereocenters. The van der Waals surface area contributed by atoms with Crippen molar-refractivity contribution in [2.45, 2.75) is 12.8 Å². The van der Waals surface area contributed by atoms with Gasteiger partial charge in [0.2, 0.25) is 0 Å². The zero-order valence-electron chi connectivity index (χ0n) is 9.89. The van der Waals surface area contributed by atoms with Crippen LogP contribution in [0.25, 0.3) is 16.8 Å². The number of unbranched alkanes of at least 4 members (excludes halogenated alkanes) is 1. The van der Waals surface area contributed by atoms with E-state index in [1.165, 1.54) is 16.3 Å².